The van der Waals surface area contributed by atoms with Crippen LogP contribution in [0, 0.1) is 13.8 Å². The van der Waals surface area contributed by atoms with Gasteiger partial charge in [-0.2, -0.15) is 0 Å². The number of nitrogens with zero attached hydrogens (tertiary/aromatic N) is 3. The second-order valence-corrected chi connectivity index (χ2v) is 4.53. The Morgan fingerprint density at radius 3 is 2.41 bits per heavy atom. The third-order valence-corrected chi connectivity index (χ3v) is 3.15. The zero-order valence-electron chi connectivity index (χ0n) is 9.60. The molecule has 0 aromatic carbocycles. The van der Waals surface area contributed by atoms with Crippen molar-refractivity contribution in [3.8, 4) is 0 Å². The SMILES string of the molecule is Cc1noc(C)c1CSc1nc(N)cc(N)n1. The van der Waals surface area contributed by atoms with Crippen LogP contribution < -0.4 is 11.5 Å². The third kappa shape index (κ3) is 2.68. The molecule has 0 unspecified atom stereocenters. The summed E-state index contributed by atoms with van der Waals surface area (Å²) in [6.07, 6.45) is 0. The molecule has 0 radical (unpaired) electrons. The molecule has 0 saturated carbocycles. The molecule has 2 aromatic rings. The van der Waals surface area contributed by atoms with Gasteiger partial charge in [-0.15, -0.1) is 0 Å². The van der Waals surface area contributed by atoms with E-state index in [4.69, 9.17) is 16.0 Å². The van der Waals surface area contributed by atoms with Crippen molar-refractivity contribution in [2.24, 2.45) is 0 Å². The quantitative estimate of drug-likeness (QED) is 0.629. The van der Waals surface area contributed by atoms with Crippen LogP contribution in [-0.2, 0) is 5.75 Å². The lowest BCUT2D eigenvalue weighted by Gasteiger charge is -2.02. The van der Waals surface area contributed by atoms with Gasteiger partial charge < -0.3 is 16.0 Å². The van der Waals surface area contributed by atoms with Gasteiger partial charge in [0.1, 0.15) is 17.4 Å². The number of anilines is 2. The van der Waals surface area contributed by atoms with Crippen LogP contribution in [0.3, 0.4) is 0 Å². The van der Waals surface area contributed by atoms with Crippen molar-refractivity contribution in [3.05, 3.63) is 23.1 Å². The molecule has 2 heterocycles. The fourth-order valence-corrected chi connectivity index (χ4v) is 2.40. The van der Waals surface area contributed by atoms with Gasteiger partial charge >= 0.3 is 0 Å². The molecule has 17 heavy (non-hydrogen) atoms. The van der Waals surface area contributed by atoms with E-state index in [2.05, 4.69) is 15.1 Å². The third-order valence-electron chi connectivity index (χ3n) is 2.27. The minimum Gasteiger partial charge on any atom is -0.383 e. The number of thioether (sulfide) groups is 1. The molecule has 4 N–H and O–H groups in total. The average molecular weight is 251 g/mol. The maximum Gasteiger partial charge on any atom is 0.191 e. The van der Waals surface area contributed by atoms with Crippen LogP contribution in [0.4, 0.5) is 11.6 Å². The van der Waals surface area contributed by atoms with Crippen molar-refractivity contribution < 1.29 is 4.52 Å². The Kier molecular flexibility index (Phi) is 3.19. The van der Waals surface area contributed by atoms with Crippen molar-refractivity contribution in [2.45, 2.75) is 24.8 Å². The number of hydrogen-bond acceptors (Lipinski definition) is 7. The van der Waals surface area contributed by atoms with Crippen molar-refractivity contribution >= 4 is 23.4 Å². The summed E-state index contributed by atoms with van der Waals surface area (Å²) in [4.78, 5) is 8.18. The smallest absolute Gasteiger partial charge is 0.191 e. The molecular formula is C10H13N5OS. The minimum atomic E-state index is 0.374. The van der Waals surface area contributed by atoms with E-state index in [0.717, 1.165) is 17.0 Å². The van der Waals surface area contributed by atoms with Gasteiger partial charge in [-0.3, -0.25) is 0 Å². The minimum absolute atomic E-state index is 0.374. The summed E-state index contributed by atoms with van der Waals surface area (Å²) in [6.45, 7) is 3.78. The van der Waals surface area contributed by atoms with E-state index < -0.39 is 0 Å². The molecule has 2 rings (SSSR count). The van der Waals surface area contributed by atoms with Crippen LogP contribution >= 0.6 is 11.8 Å². The molecule has 0 fully saturated rings. The largest absolute Gasteiger partial charge is 0.383 e. The highest BCUT2D eigenvalue weighted by molar-refractivity contribution is 7.98. The number of nitrogens with two attached hydrogens (primary N) is 2. The topological polar surface area (TPSA) is 104 Å². The predicted octanol–water partition coefficient (Wildman–Crippen LogP) is 1.54. The highest BCUT2D eigenvalue weighted by Gasteiger charge is 2.10. The Hall–Kier alpha value is -1.76. The van der Waals surface area contributed by atoms with Crippen molar-refractivity contribution in [1.29, 1.82) is 0 Å². The van der Waals surface area contributed by atoms with E-state index in [1.807, 2.05) is 13.8 Å². The molecular weight excluding hydrogens is 238 g/mol. The van der Waals surface area contributed by atoms with Crippen LogP contribution in [0.15, 0.2) is 15.7 Å². The number of aromatic nitrogens is 3. The first-order valence-electron chi connectivity index (χ1n) is 5.01. The fourth-order valence-electron chi connectivity index (χ4n) is 1.37. The van der Waals surface area contributed by atoms with Gasteiger partial charge in [0.2, 0.25) is 0 Å². The molecule has 6 nitrogen and oxygen atoms in total. The summed E-state index contributed by atoms with van der Waals surface area (Å²) in [5.74, 6) is 2.24. The molecule has 7 heteroatoms. The summed E-state index contributed by atoms with van der Waals surface area (Å²) in [5, 5.41) is 4.44. The molecule has 0 amide bonds. The molecule has 0 bridgehead atoms. The summed E-state index contributed by atoms with van der Waals surface area (Å²) < 4.78 is 5.08. The number of rotatable bonds is 3. The van der Waals surface area contributed by atoms with E-state index in [9.17, 15) is 0 Å². The summed E-state index contributed by atoms with van der Waals surface area (Å²) in [5.41, 5.74) is 13.1. The second-order valence-electron chi connectivity index (χ2n) is 3.59. The number of nitrogen functional groups attached to an aromatic ring is 2. The Balaban J connectivity index is 2.12. The van der Waals surface area contributed by atoms with Gasteiger partial charge in [0.05, 0.1) is 5.69 Å². The molecule has 0 atom stereocenters. The van der Waals surface area contributed by atoms with Crippen molar-refractivity contribution in [1.82, 2.24) is 15.1 Å². The van der Waals surface area contributed by atoms with E-state index in [0.29, 0.717) is 22.5 Å². The van der Waals surface area contributed by atoms with Gasteiger partial charge in [-0.1, -0.05) is 16.9 Å². The monoisotopic (exact) mass is 251 g/mol. The zero-order chi connectivity index (χ0) is 12.4. The molecule has 0 spiro atoms. The highest BCUT2D eigenvalue weighted by Crippen LogP contribution is 2.24. The molecule has 0 aliphatic carbocycles. The van der Waals surface area contributed by atoms with Gasteiger partial charge in [0.15, 0.2) is 5.16 Å². The first-order chi connectivity index (χ1) is 8.06. The molecule has 0 saturated heterocycles. The van der Waals surface area contributed by atoms with Gasteiger partial charge in [-0.05, 0) is 13.8 Å². The maximum absolute atomic E-state index is 5.59. The summed E-state index contributed by atoms with van der Waals surface area (Å²) >= 11 is 1.45. The van der Waals surface area contributed by atoms with Gasteiger partial charge in [-0.25, -0.2) is 9.97 Å². The lowest BCUT2D eigenvalue weighted by Crippen LogP contribution is -1.99. The summed E-state index contributed by atoms with van der Waals surface area (Å²) in [7, 11) is 0. The van der Waals surface area contributed by atoms with Gasteiger partial charge in [0.25, 0.3) is 0 Å². The number of hydrogen-bond donors (Lipinski definition) is 2. The fraction of sp³-hybridized carbons (Fsp3) is 0.300. The lowest BCUT2D eigenvalue weighted by atomic mass is 10.2. The van der Waals surface area contributed by atoms with Crippen LogP contribution in [0.25, 0.3) is 0 Å². The molecule has 2 aromatic heterocycles. The lowest BCUT2D eigenvalue weighted by molar-refractivity contribution is 0.392. The summed E-state index contributed by atoms with van der Waals surface area (Å²) in [6, 6.07) is 1.53. The van der Waals surface area contributed by atoms with Gasteiger partial charge in [0, 0.05) is 17.4 Å². The van der Waals surface area contributed by atoms with E-state index in [1.54, 1.807) is 0 Å². The van der Waals surface area contributed by atoms with Crippen LogP contribution in [0.1, 0.15) is 17.0 Å². The van der Waals surface area contributed by atoms with Crippen LogP contribution in [0.2, 0.25) is 0 Å². The predicted molar refractivity (Wildman–Crippen MR) is 66.4 cm³/mol. The standard InChI is InChI=1S/C10H13N5OS/c1-5-7(6(2)16-15-5)4-17-10-13-8(11)3-9(12)14-10/h3H,4H2,1-2H3,(H4,11,12,13,14). The van der Waals surface area contributed by atoms with Crippen LogP contribution in [-0.4, -0.2) is 15.1 Å². The molecule has 90 valence electrons. The molecule has 0 aliphatic rings. The number of aryl methyl sites for hydroxylation is 2. The van der Waals surface area contributed by atoms with Crippen molar-refractivity contribution in [3.63, 3.8) is 0 Å². The van der Waals surface area contributed by atoms with E-state index >= 15 is 0 Å². The Morgan fingerprint density at radius 2 is 1.88 bits per heavy atom. The Morgan fingerprint density at radius 1 is 1.24 bits per heavy atom. The Bertz CT molecular complexity index is 500. The first kappa shape index (κ1) is 11.7. The van der Waals surface area contributed by atoms with E-state index in [-0.39, 0.29) is 0 Å². The van der Waals surface area contributed by atoms with Crippen LogP contribution in [0.5, 0.6) is 0 Å². The van der Waals surface area contributed by atoms with E-state index in [1.165, 1.54) is 17.8 Å². The second kappa shape index (κ2) is 4.62. The average Bonchev–Trinajstić information content (AvgIpc) is 2.55. The maximum atomic E-state index is 5.59. The first-order valence-corrected chi connectivity index (χ1v) is 5.99. The highest BCUT2D eigenvalue weighted by atomic mass is 32.2. The van der Waals surface area contributed by atoms with Crippen molar-refractivity contribution in [2.75, 3.05) is 11.5 Å². The zero-order valence-corrected chi connectivity index (χ0v) is 10.4. The Labute approximate surface area is 103 Å². The normalized spacial score (nSPS) is 10.7. The molecule has 0 aliphatic heterocycles.